The zero-order valence-corrected chi connectivity index (χ0v) is 14.4. The van der Waals surface area contributed by atoms with Gasteiger partial charge in [-0.25, -0.2) is 0 Å². The van der Waals surface area contributed by atoms with Gasteiger partial charge in [-0.05, 0) is 41.8 Å². The monoisotopic (exact) mass is 315 g/mol. The molecule has 0 saturated heterocycles. The number of benzene rings is 3. The molecule has 0 aliphatic rings. The maximum absolute atomic E-state index is 5.85. The normalized spacial score (nSPS) is 10.8. The van der Waals surface area contributed by atoms with Crippen LogP contribution in [0.5, 0.6) is 0 Å². The van der Waals surface area contributed by atoms with Crippen LogP contribution in [0.3, 0.4) is 0 Å². The second-order valence-corrected chi connectivity index (χ2v) is 6.05. The second kappa shape index (κ2) is 7.48. The molecule has 24 heavy (non-hydrogen) atoms. The van der Waals surface area contributed by atoms with Crippen molar-refractivity contribution < 1.29 is 4.65 Å². The highest BCUT2D eigenvalue weighted by atomic mass is 16.4. The van der Waals surface area contributed by atoms with E-state index in [4.69, 9.17) is 4.65 Å². The van der Waals surface area contributed by atoms with E-state index in [0.717, 1.165) is 0 Å². The molecule has 0 heterocycles. The molecule has 3 aromatic rings. The number of rotatable bonds is 5. The minimum atomic E-state index is -0.114. The summed E-state index contributed by atoms with van der Waals surface area (Å²) in [7, 11) is 5.74. The van der Waals surface area contributed by atoms with Gasteiger partial charge in [0, 0.05) is 7.11 Å². The molecule has 0 amide bonds. The molecule has 0 fully saturated rings. The Balaban J connectivity index is 2.27. The van der Waals surface area contributed by atoms with Crippen LogP contribution in [-0.4, -0.2) is 33.1 Å². The van der Waals surface area contributed by atoms with Crippen LogP contribution in [0.2, 0.25) is 0 Å². The highest BCUT2D eigenvalue weighted by Gasteiger charge is 2.27. The Hall–Kier alpha value is -2.36. The van der Waals surface area contributed by atoms with E-state index in [1.807, 2.05) is 26.2 Å². The zero-order chi connectivity index (χ0) is 16.9. The van der Waals surface area contributed by atoms with Crippen LogP contribution < -0.4 is 5.46 Å². The first kappa shape index (κ1) is 16.5. The van der Waals surface area contributed by atoms with Gasteiger partial charge in [0.25, 0.3) is 0 Å². The molecule has 0 bridgehead atoms. The standard InChI is InChI=1S/C21H22BNO/c1-23(2)22(24-3)21-19(17-11-6-4-7-12-17)15-10-16-20(21)18-13-8-5-9-14-18/h4-16H,1-3H3. The Labute approximate surface area is 144 Å². The van der Waals surface area contributed by atoms with Crippen LogP contribution in [-0.2, 0) is 4.65 Å². The van der Waals surface area contributed by atoms with E-state index < -0.39 is 0 Å². The summed E-state index contributed by atoms with van der Waals surface area (Å²) in [6.07, 6.45) is 0. The smallest absolute Gasteiger partial charge is 0.419 e. The van der Waals surface area contributed by atoms with Crippen molar-refractivity contribution in [3.8, 4) is 22.3 Å². The molecule has 3 aromatic carbocycles. The lowest BCUT2D eigenvalue weighted by molar-refractivity contribution is 0.376. The Morgan fingerprint density at radius 1 is 0.667 bits per heavy atom. The van der Waals surface area contributed by atoms with Crippen molar-refractivity contribution in [2.24, 2.45) is 0 Å². The van der Waals surface area contributed by atoms with Crippen molar-refractivity contribution in [2.45, 2.75) is 0 Å². The second-order valence-electron chi connectivity index (χ2n) is 6.05. The van der Waals surface area contributed by atoms with Crippen molar-refractivity contribution in [1.29, 1.82) is 0 Å². The fourth-order valence-electron chi connectivity index (χ4n) is 3.16. The van der Waals surface area contributed by atoms with Gasteiger partial charge in [0.1, 0.15) is 0 Å². The third-order valence-electron chi connectivity index (χ3n) is 4.21. The summed E-state index contributed by atoms with van der Waals surface area (Å²) in [5.41, 5.74) is 6.01. The van der Waals surface area contributed by atoms with Crippen LogP contribution in [0.25, 0.3) is 22.3 Å². The number of nitrogens with zero attached hydrogens (tertiary/aromatic N) is 1. The Morgan fingerprint density at radius 2 is 1.12 bits per heavy atom. The SMILES string of the molecule is COB(c1c(-c2ccccc2)cccc1-c1ccccc1)N(C)C. The summed E-state index contributed by atoms with van der Waals surface area (Å²) in [5.74, 6) is 0. The summed E-state index contributed by atoms with van der Waals surface area (Å²) in [5, 5.41) is 0. The van der Waals surface area contributed by atoms with Crippen molar-refractivity contribution in [3.05, 3.63) is 78.9 Å². The lowest BCUT2D eigenvalue weighted by Gasteiger charge is -2.24. The first-order chi connectivity index (χ1) is 11.7. The minimum absolute atomic E-state index is 0.114. The lowest BCUT2D eigenvalue weighted by atomic mass is 9.65. The third kappa shape index (κ3) is 3.28. The van der Waals surface area contributed by atoms with Crippen LogP contribution in [0.15, 0.2) is 78.9 Å². The van der Waals surface area contributed by atoms with Gasteiger partial charge < -0.3 is 9.47 Å². The fraction of sp³-hybridized carbons (Fsp3) is 0.143. The predicted octanol–water partition coefficient (Wildman–Crippen LogP) is 3.92. The highest BCUT2D eigenvalue weighted by Crippen LogP contribution is 2.25. The Kier molecular flexibility index (Phi) is 5.14. The van der Waals surface area contributed by atoms with E-state index >= 15 is 0 Å². The van der Waals surface area contributed by atoms with Crippen molar-refractivity contribution >= 4 is 12.5 Å². The van der Waals surface area contributed by atoms with E-state index in [-0.39, 0.29) is 7.05 Å². The molecule has 0 aromatic heterocycles. The molecule has 3 rings (SSSR count). The van der Waals surface area contributed by atoms with Gasteiger partial charge in [-0.15, -0.1) is 0 Å². The van der Waals surface area contributed by atoms with Gasteiger partial charge in [0.05, 0.1) is 0 Å². The van der Waals surface area contributed by atoms with Crippen LogP contribution in [0.1, 0.15) is 0 Å². The number of hydrogen-bond acceptors (Lipinski definition) is 2. The maximum atomic E-state index is 5.85. The van der Waals surface area contributed by atoms with Gasteiger partial charge in [-0.2, -0.15) is 0 Å². The van der Waals surface area contributed by atoms with Crippen LogP contribution >= 0.6 is 0 Å². The largest absolute Gasteiger partial charge is 0.420 e. The van der Waals surface area contributed by atoms with Crippen LogP contribution in [0, 0.1) is 0 Å². The molecular weight excluding hydrogens is 293 g/mol. The third-order valence-corrected chi connectivity index (χ3v) is 4.21. The molecule has 0 saturated carbocycles. The van der Waals surface area contributed by atoms with Crippen molar-refractivity contribution in [1.82, 2.24) is 4.81 Å². The van der Waals surface area contributed by atoms with E-state index in [1.165, 1.54) is 27.7 Å². The van der Waals surface area contributed by atoms with E-state index in [9.17, 15) is 0 Å². The first-order valence-electron chi connectivity index (χ1n) is 8.15. The first-order valence-corrected chi connectivity index (χ1v) is 8.15. The van der Waals surface area contributed by atoms with E-state index in [1.54, 1.807) is 7.11 Å². The quantitative estimate of drug-likeness (QED) is 0.662. The summed E-state index contributed by atoms with van der Waals surface area (Å²) >= 11 is 0. The average Bonchev–Trinajstić information content (AvgIpc) is 2.63. The van der Waals surface area contributed by atoms with Crippen molar-refractivity contribution in [2.75, 3.05) is 21.2 Å². The topological polar surface area (TPSA) is 12.5 Å². The molecule has 2 nitrogen and oxygen atoms in total. The van der Waals surface area contributed by atoms with Gasteiger partial charge in [-0.3, -0.25) is 0 Å². The molecule has 0 aliphatic carbocycles. The minimum Gasteiger partial charge on any atom is -0.420 e. The molecule has 0 unspecified atom stereocenters. The molecule has 0 spiro atoms. The van der Waals surface area contributed by atoms with Gasteiger partial charge in [0.2, 0.25) is 0 Å². The molecule has 0 radical (unpaired) electrons. The van der Waals surface area contributed by atoms with E-state index in [0.29, 0.717) is 0 Å². The van der Waals surface area contributed by atoms with Crippen molar-refractivity contribution in [3.63, 3.8) is 0 Å². The average molecular weight is 315 g/mol. The zero-order valence-electron chi connectivity index (χ0n) is 14.4. The molecule has 0 N–H and O–H groups in total. The van der Waals surface area contributed by atoms with Gasteiger partial charge in [0.15, 0.2) is 0 Å². The van der Waals surface area contributed by atoms with Crippen LogP contribution in [0.4, 0.5) is 0 Å². The maximum Gasteiger partial charge on any atom is 0.419 e. The predicted molar refractivity (Wildman–Crippen MR) is 103 cm³/mol. The number of hydrogen-bond donors (Lipinski definition) is 0. The highest BCUT2D eigenvalue weighted by molar-refractivity contribution is 6.68. The molecule has 0 atom stereocenters. The molecule has 0 aliphatic heterocycles. The fourth-order valence-corrected chi connectivity index (χ4v) is 3.16. The summed E-state index contributed by atoms with van der Waals surface area (Å²) in [6.45, 7) is 0. The molecular formula is C21H22BNO. The van der Waals surface area contributed by atoms with Gasteiger partial charge in [-0.1, -0.05) is 78.9 Å². The molecule has 3 heteroatoms. The molecule has 120 valence electrons. The summed E-state index contributed by atoms with van der Waals surface area (Å²) < 4.78 is 5.85. The van der Waals surface area contributed by atoms with Gasteiger partial charge >= 0.3 is 7.05 Å². The Bertz CT molecular complexity index is 730. The summed E-state index contributed by atoms with van der Waals surface area (Å²) in [4.78, 5) is 2.11. The van der Waals surface area contributed by atoms with E-state index in [2.05, 4.69) is 71.5 Å². The Morgan fingerprint density at radius 3 is 1.50 bits per heavy atom. The summed E-state index contributed by atoms with van der Waals surface area (Å²) in [6, 6.07) is 27.5. The lowest BCUT2D eigenvalue weighted by Crippen LogP contribution is -2.47.